The van der Waals surface area contributed by atoms with Crippen LogP contribution in [0.15, 0.2) is 41.3 Å². The molecule has 0 saturated carbocycles. The maximum Gasteiger partial charge on any atom is 0.269 e. The minimum atomic E-state index is -0.942. The molecule has 0 aliphatic rings. The number of hydrogen-bond acceptors (Lipinski definition) is 5. The van der Waals surface area contributed by atoms with Crippen LogP contribution in [0.5, 0.6) is 0 Å². The molecular weight excluding hydrogens is 340 g/mol. The number of H-pyrrole nitrogens is 1. The number of nitro benzene ring substituents is 1. The van der Waals surface area contributed by atoms with Crippen molar-refractivity contribution in [3.63, 3.8) is 0 Å². The molecule has 0 aliphatic heterocycles. The summed E-state index contributed by atoms with van der Waals surface area (Å²) in [5, 5.41) is 21.1. The molecule has 2 aromatic heterocycles. The Morgan fingerprint density at radius 2 is 2.05 bits per heavy atom. The van der Waals surface area contributed by atoms with E-state index in [-0.39, 0.29) is 5.69 Å². The first-order valence-corrected chi connectivity index (χ1v) is 6.77. The molecule has 106 valence electrons. The van der Waals surface area contributed by atoms with Crippen molar-refractivity contribution in [2.24, 2.45) is 0 Å². The number of nitrogens with zero attached hydrogens (tertiary/aromatic N) is 3. The number of nitro groups is 1. The Morgan fingerprint density at radius 3 is 2.71 bits per heavy atom. The zero-order valence-electron chi connectivity index (χ0n) is 10.5. The number of aromatic nitrogens is 3. The summed E-state index contributed by atoms with van der Waals surface area (Å²) in [6, 6.07) is 5.75. The van der Waals surface area contributed by atoms with Crippen molar-refractivity contribution in [2.45, 2.75) is 6.10 Å². The summed E-state index contributed by atoms with van der Waals surface area (Å²) in [4.78, 5) is 21.5. The van der Waals surface area contributed by atoms with Crippen LogP contribution in [0.2, 0.25) is 0 Å². The Hall–Kier alpha value is -2.32. The van der Waals surface area contributed by atoms with Gasteiger partial charge in [-0.3, -0.25) is 10.1 Å². The summed E-state index contributed by atoms with van der Waals surface area (Å²) in [5.41, 5.74) is 2.20. The molecule has 7 nitrogen and oxygen atoms in total. The molecule has 1 atom stereocenters. The lowest BCUT2D eigenvalue weighted by molar-refractivity contribution is -0.384. The summed E-state index contributed by atoms with van der Waals surface area (Å²) in [6.45, 7) is 0. The molecule has 0 radical (unpaired) electrons. The molecule has 1 unspecified atom stereocenters. The van der Waals surface area contributed by atoms with Gasteiger partial charge in [0.05, 0.1) is 11.1 Å². The molecular formula is C13H9BrN4O3. The van der Waals surface area contributed by atoms with Gasteiger partial charge in [-0.1, -0.05) is 0 Å². The SMILES string of the molecule is O=[N+]([O-])c1ccc(C(O)c2c[nH]c3ncc(Br)nc23)cc1. The number of halogens is 1. The second-order valence-electron chi connectivity index (χ2n) is 4.39. The largest absolute Gasteiger partial charge is 0.384 e. The number of aliphatic hydroxyl groups excluding tert-OH is 1. The zero-order valence-corrected chi connectivity index (χ0v) is 12.1. The summed E-state index contributed by atoms with van der Waals surface area (Å²) >= 11 is 3.24. The summed E-state index contributed by atoms with van der Waals surface area (Å²) in [6.07, 6.45) is 2.24. The van der Waals surface area contributed by atoms with Crippen LogP contribution in [0.4, 0.5) is 5.69 Å². The van der Waals surface area contributed by atoms with E-state index in [0.717, 1.165) is 0 Å². The van der Waals surface area contributed by atoms with Crippen LogP contribution in [-0.2, 0) is 0 Å². The first-order chi connectivity index (χ1) is 10.1. The highest BCUT2D eigenvalue weighted by Crippen LogP contribution is 2.28. The highest BCUT2D eigenvalue weighted by Gasteiger charge is 2.18. The number of aliphatic hydroxyl groups is 1. The van der Waals surface area contributed by atoms with E-state index in [4.69, 9.17) is 0 Å². The van der Waals surface area contributed by atoms with Gasteiger partial charge in [-0.15, -0.1) is 0 Å². The predicted octanol–water partition coefficient (Wildman–Crippen LogP) is 2.71. The van der Waals surface area contributed by atoms with Gasteiger partial charge < -0.3 is 10.1 Å². The standard InChI is InChI=1S/C13H9BrN4O3/c14-10-6-16-13-11(17-10)9(5-15-13)12(19)7-1-3-8(4-2-7)18(20)21/h1-6,12,19H,(H,15,16). The zero-order chi connectivity index (χ0) is 15.0. The van der Waals surface area contributed by atoms with Gasteiger partial charge in [0.15, 0.2) is 5.65 Å². The fourth-order valence-electron chi connectivity index (χ4n) is 2.06. The normalized spacial score (nSPS) is 12.5. The predicted molar refractivity (Wildman–Crippen MR) is 78.7 cm³/mol. The third kappa shape index (κ3) is 2.50. The Bertz CT molecular complexity index is 816. The molecule has 0 aliphatic carbocycles. The van der Waals surface area contributed by atoms with Crippen LogP contribution in [0, 0.1) is 10.1 Å². The molecule has 21 heavy (non-hydrogen) atoms. The van der Waals surface area contributed by atoms with E-state index in [2.05, 4.69) is 30.9 Å². The molecule has 0 amide bonds. The van der Waals surface area contributed by atoms with Gasteiger partial charge in [-0.2, -0.15) is 0 Å². The lowest BCUT2D eigenvalue weighted by Crippen LogP contribution is -2.00. The summed E-state index contributed by atoms with van der Waals surface area (Å²) < 4.78 is 0.562. The van der Waals surface area contributed by atoms with Crippen molar-refractivity contribution in [3.05, 3.63) is 62.5 Å². The molecule has 0 fully saturated rings. The quantitative estimate of drug-likeness (QED) is 0.559. The van der Waals surface area contributed by atoms with E-state index in [1.165, 1.54) is 24.3 Å². The topological polar surface area (TPSA) is 105 Å². The molecule has 3 rings (SSSR count). The van der Waals surface area contributed by atoms with Gasteiger partial charge in [0, 0.05) is 23.9 Å². The van der Waals surface area contributed by atoms with Crippen LogP contribution < -0.4 is 0 Å². The van der Waals surface area contributed by atoms with E-state index in [1.807, 2.05) is 0 Å². The smallest absolute Gasteiger partial charge is 0.269 e. The third-order valence-electron chi connectivity index (χ3n) is 3.10. The maximum absolute atomic E-state index is 10.6. The number of fused-ring (bicyclic) bond motifs is 1. The van der Waals surface area contributed by atoms with Crippen LogP contribution in [-0.4, -0.2) is 25.0 Å². The van der Waals surface area contributed by atoms with Crippen molar-refractivity contribution < 1.29 is 10.0 Å². The van der Waals surface area contributed by atoms with Crippen molar-refractivity contribution >= 4 is 32.8 Å². The van der Waals surface area contributed by atoms with Crippen LogP contribution in [0.3, 0.4) is 0 Å². The minimum Gasteiger partial charge on any atom is -0.384 e. The van der Waals surface area contributed by atoms with Crippen molar-refractivity contribution in [1.29, 1.82) is 0 Å². The average Bonchev–Trinajstić information content (AvgIpc) is 2.89. The summed E-state index contributed by atoms with van der Waals surface area (Å²) in [7, 11) is 0. The van der Waals surface area contributed by atoms with Gasteiger partial charge in [0.2, 0.25) is 0 Å². The Labute approximate surface area is 126 Å². The lowest BCUT2D eigenvalue weighted by Gasteiger charge is -2.09. The monoisotopic (exact) mass is 348 g/mol. The number of benzene rings is 1. The van der Waals surface area contributed by atoms with Crippen molar-refractivity contribution in [1.82, 2.24) is 15.0 Å². The van der Waals surface area contributed by atoms with E-state index < -0.39 is 11.0 Å². The van der Waals surface area contributed by atoms with Gasteiger partial charge in [-0.25, -0.2) is 9.97 Å². The maximum atomic E-state index is 10.6. The van der Waals surface area contributed by atoms with Gasteiger partial charge in [-0.05, 0) is 33.6 Å². The molecule has 0 bridgehead atoms. The minimum absolute atomic E-state index is 0.0209. The Balaban J connectivity index is 2.01. The fourth-order valence-corrected chi connectivity index (χ4v) is 2.33. The fraction of sp³-hybridized carbons (Fsp3) is 0.0769. The number of non-ortho nitro benzene ring substituents is 1. The number of aromatic amines is 1. The van der Waals surface area contributed by atoms with E-state index >= 15 is 0 Å². The molecule has 2 heterocycles. The van der Waals surface area contributed by atoms with E-state index in [0.29, 0.717) is 26.9 Å². The molecule has 0 saturated heterocycles. The molecule has 2 N–H and O–H groups in total. The number of nitrogens with one attached hydrogen (secondary N) is 1. The highest BCUT2D eigenvalue weighted by molar-refractivity contribution is 9.10. The second kappa shape index (κ2) is 5.23. The van der Waals surface area contributed by atoms with Crippen LogP contribution >= 0.6 is 15.9 Å². The highest BCUT2D eigenvalue weighted by atomic mass is 79.9. The molecule has 3 aromatic rings. The van der Waals surface area contributed by atoms with Crippen molar-refractivity contribution in [3.8, 4) is 0 Å². The first-order valence-electron chi connectivity index (χ1n) is 5.98. The van der Waals surface area contributed by atoms with Gasteiger partial charge >= 0.3 is 0 Å². The average molecular weight is 349 g/mol. The second-order valence-corrected chi connectivity index (χ2v) is 5.20. The molecule has 8 heteroatoms. The van der Waals surface area contributed by atoms with E-state index in [9.17, 15) is 15.2 Å². The lowest BCUT2D eigenvalue weighted by atomic mass is 10.0. The van der Waals surface area contributed by atoms with E-state index in [1.54, 1.807) is 12.4 Å². The first kappa shape index (κ1) is 13.7. The molecule has 1 aromatic carbocycles. The van der Waals surface area contributed by atoms with Crippen LogP contribution in [0.25, 0.3) is 11.2 Å². The Kier molecular flexibility index (Phi) is 3.40. The van der Waals surface area contributed by atoms with Gasteiger partial charge in [0.25, 0.3) is 5.69 Å². The van der Waals surface area contributed by atoms with Gasteiger partial charge in [0.1, 0.15) is 16.2 Å². The van der Waals surface area contributed by atoms with Crippen LogP contribution in [0.1, 0.15) is 17.2 Å². The van der Waals surface area contributed by atoms with Crippen molar-refractivity contribution in [2.75, 3.05) is 0 Å². The Morgan fingerprint density at radius 1 is 1.33 bits per heavy atom. The number of rotatable bonds is 3. The molecule has 0 spiro atoms. The number of hydrogen-bond donors (Lipinski definition) is 2. The third-order valence-corrected chi connectivity index (χ3v) is 3.48. The summed E-state index contributed by atoms with van der Waals surface area (Å²) in [5.74, 6) is 0.